The zero-order chi connectivity index (χ0) is 16.7. The average molecular weight is 332 g/mol. The maximum Gasteiger partial charge on any atom is 0.309 e. The molecule has 1 aromatic heterocycles. The summed E-state index contributed by atoms with van der Waals surface area (Å²) < 4.78 is 0. The maximum absolute atomic E-state index is 11.8. The maximum atomic E-state index is 11.8. The van der Waals surface area contributed by atoms with Crippen molar-refractivity contribution in [1.82, 2.24) is 10.6 Å². The summed E-state index contributed by atoms with van der Waals surface area (Å²) >= 11 is 1.51. The molecule has 0 saturated carbocycles. The molecule has 5 nitrogen and oxygen atoms in total. The molecule has 0 aliphatic heterocycles. The van der Waals surface area contributed by atoms with Crippen LogP contribution in [-0.2, 0) is 9.59 Å². The number of carbonyl (C=O) groups is 2. The Bertz CT molecular complexity index is 629. The van der Waals surface area contributed by atoms with Crippen molar-refractivity contribution in [2.75, 3.05) is 6.54 Å². The number of rotatable bonds is 6. The van der Waals surface area contributed by atoms with Crippen molar-refractivity contribution in [3.8, 4) is 0 Å². The molecule has 2 rings (SSSR count). The van der Waals surface area contributed by atoms with E-state index in [-0.39, 0.29) is 12.6 Å². The summed E-state index contributed by atoms with van der Waals surface area (Å²) in [6, 6.07) is 11.0. The van der Waals surface area contributed by atoms with Gasteiger partial charge in [-0.2, -0.15) is 11.3 Å². The van der Waals surface area contributed by atoms with Gasteiger partial charge in [-0.25, -0.2) is 0 Å². The van der Waals surface area contributed by atoms with E-state index in [2.05, 4.69) is 10.6 Å². The number of benzene rings is 1. The fourth-order valence-corrected chi connectivity index (χ4v) is 2.83. The van der Waals surface area contributed by atoms with Crippen LogP contribution in [0.4, 0.5) is 0 Å². The first kappa shape index (κ1) is 17.2. The summed E-state index contributed by atoms with van der Waals surface area (Å²) in [5.41, 5.74) is 1.76. The van der Waals surface area contributed by atoms with Crippen LogP contribution in [0.1, 0.15) is 36.6 Å². The second-order valence-corrected chi connectivity index (χ2v) is 6.00. The Labute approximate surface area is 139 Å². The minimum atomic E-state index is -0.690. The fraction of sp³-hybridized carbons (Fsp3) is 0.294. The van der Waals surface area contributed by atoms with E-state index >= 15 is 0 Å². The van der Waals surface area contributed by atoms with E-state index in [1.165, 1.54) is 11.3 Å². The lowest BCUT2D eigenvalue weighted by atomic mass is 10.1. The predicted octanol–water partition coefficient (Wildman–Crippen LogP) is 2.17. The number of hydrogen-bond donors (Lipinski definition) is 3. The van der Waals surface area contributed by atoms with Crippen LogP contribution in [0.15, 0.2) is 47.2 Å². The molecule has 23 heavy (non-hydrogen) atoms. The Kier molecular flexibility index (Phi) is 6.31. The van der Waals surface area contributed by atoms with Gasteiger partial charge in [-0.15, -0.1) is 0 Å². The van der Waals surface area contributed by atoms with Crippen LogP contribution in [0.2, 0.25) is 0 Å². The summed E-state index contributed by atoms with van der Waals surface area (Å²) in [6.45, 7) is 2.06. The van der Waals surface area contributed by atoms with E-state index in [0.717, 1.165) is 11.1 Å². The third-order valence-electron chi connectivity index (χ3n) is 3.48. The molecule has 6 heteroatoms. The fourth-order valence-electron chi connectivity index (χ4n) is 2.12. The van der Waals surface area contributed by atoms with E-state index in [1.54, 1.807) is 0 Å². The van der Waals surface area contributed by atoms with Crippen molar-refractivity contribution in [3.05, 3.63) is 58.3 Å². The van der Waals surface area contributed by atoms with E-state index in [1.807, 2.05) is 54.1 Å². The molecule has 2 amide bonds. The molecule has 0 unspecified atom stereocenters. The number of aliphatic hydroxyl groups excluding tert-OH is 1. The highest BCUT2D eigenvalue weighted by Crippen LogP contribution is 2.18. The molecule has 0 aliphatic carbocycles. The molecular formula is C17H20N2O3S. The van der Waals surface area contributed by atoms with Crippen molar-refractivity contribution in [3.63, 3.8) is 0 Å². The van der Waals surface area contributed by atoms with E-state index < -0.39 is 17.9 Å². The van der Waals surface area contributed by atoms with Crippen LogP contribution in [0, 0.1) is 0 Å². The lowest BCUT2D eigenvalue weighted by molar-refractivity contribution is -0.139. The first-order chi connectivity index (χ1) is 11.1. The Morgan fingerprint density at radius 1 is 1.13 bits per heavy atom. The summed E-state index contributed by atoms with van der Waals surface area (Å²) in [7, 11) is 0. The number of hydrogen-bond acceptors (Lipinski definition) is 4. The monoisotopic (exact) mass is 332 g/mol. The van der Waals surface area contributed by atoms with Gasteiger partial charge in [0.15, 0.2) is 0 Å². The number of carbonyl (C=O) groups excluding carboxylic acids is 2. The summed E-state index contributed by atoms with van der Waals surface area (Å²) in [6.07, 6.45) is -0.267. The third-order valence-corrected chi connectivity index (χ3v) is 4.19. The zero-order valence-electron chi connectivity index (χ0n) is 12.9. The first-order valence-electron chi connectivity index (χ1n) is 7.41. The van der Waals surface area contributed by atoms with E-state index in [4.69, 9.17) is 0 Å². The Hall–Kier alpha value is -2.18. The molecule has 1 heterocycles. The van der Waals surface area contributed by atoms with Gasteiger partial charge in [0.1, 0.15) is 0 Å². The normalized spacial score (nSPS) is 13.1. The molecule has 3 N–H and O–H groups in total. The molecule has 0 aliphatic rings. The second-order valence-electron chi connectivity index (χ2n) is 5.22. The van der Waals surface area contributed by atoms with Crippen LogP contribution < -0.4 is 10.6 Å². The quantitative estimate of drug-likeness (QED) is 0.709. The average Bonchev–Trinajstić information content (AvgIpc) is 3.10. The standard InChI is InChI=1S/C17H20N2O3S/c1-12(13-5-3-2-4-6-13)19-17(22)16(21)18-9-7-15(20)14-8-10-23-11-14/h2-6,8,10-12,15,20H,7,9H2,1H3,(H,18,21)(H,19,22)/t12-,15-/m0/s1. The van der Waals surface area contributed by atoms with Crippen molar-refractivity contribution in [2.45, 2.75) is 25.5 Å². The number of amides is 2. The largest absolute Gasteiger partial charge is 0.388 e. The predicted molar refractivity (Wildman–Crippen MR) is 89.9 cm³/mol. The zero-order valence-corrected chi connectivity index (χ0v) is 13.7. The molecule has 2 atom stereocenters. The molecule has 1 aromatic carbocycles. The molecule has 0 radical (unpaired) electrons. The highest BCUT2D eigenvalue weighted by Gasteiger charge is 2.17. The second kappa shape index (κ2) is 8.45. The summed E-state index contributed by atoms with van der Waals surface area (Å²) in [5, 5.41) is 18.8. The Morgan fingerprint density at radius 2 is 1.87 bits per heavy atom. The van der Waals surface area contributed by atoms with Crippen LogP contribution in [0.25, 0.3) is 0 Å². The van der Waals surface area contributed by atoms with Gasteiger partial charge in [-0.05, 0) is 41.3 Å². The lowest BCUT2D eigenvalue weighted by Gasteiger charge is -2.14. The van der Waals surface area contributed by atoms with Crippen LogP contribution in [0.3, 0.4) is 0 Å². The smallest absolute Gasteiger partial charge is 0.309 e. The van der Waals surface area contributed by atoms with Crippen molar-refractivity contribution < 1.29 is 14.7 Å². The van der Waals surface area contributed by atoms with Gasteiger partial charge in [-0.3, -0.25) is 9.59 Å². The number of aliphatic hydroxyl groups is 1. The third kappa shape index (κ3) is 5.19. The van der Waals surface area contributed by atoms with Crippen LogP contribution in [0.5, 0.6) is 0 Å². The summed E-state index contributed by atoms with van der Waals surface area (Å²) in [4.78, 5) is 23.6. The van der Waals surface area contributed by atoms with Gasteiger partial charge in [0.25, 0.3) is 0 Å². The topological polar surface area (TPSA) is 78.4 Å². The van der Waals surface area contributed by atoms with Crippen molar-refractivity contribution in [1.29, 1.82) is 0 Å². The van der Waals surface area contributed by atoms with Crippen LogP contribution >= 0.6 is 11.3 Å². The van der Waals surface area contributed by atoms with Crippen molar-refractivity contribution >= 4 is 23.2 Å². The Balaban J connectivity index is 1.74. The minimum absolute atomic E-state index is 0.239. The van der Waals surface area contributed by atoms with Crippen molar-refractivity contribution in [2.24, 2.45) is 0 Å². The number of thiophene rings is 1. The highest BCUT2D eigenvalue weighted by atomic mass is 32.1. The molecular weight excluding hydrogens is 312 g/mol. The van der Waals surface area contributed by atoms with Gasteiger partial charge in [0.2, 0.25) is 0 Å². The molecule has 0 fully saturated rings. The Morgan fingerprint density at radius 3 is 2.52 bits per heavy atom. The molecule has 0 spiro atoms. The van der Waals surface area contributed by atoms with Gasteiger partial charge in [0, 0.05) is 6.54 Å². The summed E-state index contributed by atoms with van der Waals surface area (Å²) in [5.74, 6) is -1.36. The molecule has 0 bridgehead atoms. The van der Waals surface area contributed by atoms with Gasteiger partial charge in [-0.1, -0.05) is 30.3 Å². The molecule has 122 valence electrons. The first-order valence-corrected chi connectivity index (χ1v) is 8.36. The lowest BCUT2D eigenvalue weighted by Crippen LogP contribution is -2.41. The van der Waals surface area contributed by atoms with Gasteiger partial charge in [0.05, 0.1) is 12.1 Å². The SMILES string of the molecule is C[C@H](NC(=O)C(=O)NCC[C@H](O)c1ccsc1)c1ccccc1. The van der Waals surface area contributed by atoms with Crippen LogP contribution in [-0.4, -0.2) is 23.5 Å². The number of nitrogens with one attached hydrogen (secondary N) is 2. The van der Waals surface area contributed by atoms with E-state index in [0.29, 0.717) is 6.42 Å². The minimum Gasteiger partial charge on any atom is -0.388 e. The molecule has 2 aromatic rings. The van der Waals surface area contributed by atoms with Gasteiger partial charge >= 0.3 is 11.8 Å². The van der Waals surface area contributed by atoms with E-state index in [9.17, 15) is 14.7 Å². The molecule has 0 saturated heterocycles. The highest BCUT2D eigenvalue weighted by molar-refractivity contribution is 7.07. The van der Waals surface area contributed by atoms with Gasteiger partial charge < -0.3 is 15.7 Å².